The number of nitrogens with one attached hydrogen (secondary N) is 2. The Hall–Kier alpha value is -3.75. The number of hydrogen-bond donors (Lipinski definition) is 2. The molecule has 128 valence electrons. The number of rotatable bonds is 5. The fourth-order valence-corrected chi connectivity index (χ4v) is 2.46. The molecule has 26 heavy (non-hydrogen) atoms. The second-order valence-electron chi connectivity index (χ2n) is 5.63. The smallest absolute Gasteiger partial charge is 0.223 e. The molecule has 0 radical (unpaired) electrons. The highest BCUT2D eigenvalue weighted by atomic mass is 15.5. The van der Waals surface area contributed by atoms with Gasteiger partial charge >= 0.3 is 0 Å². The average molecular weight is 345 g/mol. The fourth-order valence-electron chi connectivity index (χ4n) is 2.46. The van der Waals surface area contributed by atoms with Crippen molar-refractivity contribution in [1.29, 1.82) is 0 Å². The highest BCUT2D eigenvalue weighted by Gasteiger charge is 2.12. The molecule has 3 aromatic heterocycles. The van der Waals surface area contributed by atoms with Gasteiger partial charge in [0.15, 0.2) is 5.82 Å². The summed E-state index contributed by atoms with van der Waals surface area (Å²) in [7, 11) is 0. The number of nitrogens with zero attached hydrogens (tertiary/aromatic N) is 7. The topological polar surface area (TPSA) is 118 Å². The number of hydrogen-bond acceptors (Lipinski definition) is 8. The largest absolute Gasteiger partial charge is 0.347 e. The summed E-state index contributed by atoms with van der Waals surface area (Å²) in [6, 6.07) is 8.17. The van der Waals surface area contributed by atoms with E-state index in [2.05, 4.69) is 58.0 Å². The molecule has 0 saturated carbocycles. The lowest BCUT2D eigenvalue weighted by Crippen LogP contribution is -2.06. The Labute approximate surface area is 149 Å². The SMILES string of the molecule is Cc1ccc(-c2nc(NCc3nn[nH]n3)ncc2-c2cncnc2)cc1. The van der Waals surface area contributed by atoms with Crippen LogP contribution in [0.5, 0.6) is 0 Å². The first kappa shape index (κ1) is 15.8. The Morgan fingerprint density at radius 1 is 1.00 bits per heavy atom. The zero-order valence-electron chi connectivity index (χ0n) is 14.0. The lowest BCUT2D eigenvalue weighted by atomic mass is 10.0. The Morgan fingerprint density at radius 2 is 1.81 bits per heavy atom. The molecule has 0 aliphatic rings. The van der Waals surface area contributed by atoms with Gasteiger partial charge in [-0.2, -0.15) is 5.21 Å². The van der Waals surface area contributed by atoms with Gasteiger partial charge in [0.05, 0.1) is 12.2 Å². The summed E-state index contributed by atoms with van der Waals surface area (Å²) in [4.78, 5) is 17.3. The van der Waals surface area contributed by atoms with Crippen LogP contribution in [-0.2, 0) is 6.54 Å². The third-order valence-electron chi connectivity index (χ3n) is 3.78. The molecule has 9 nitrogen and oxygen atoms in total. The second-order valence-corrected chi connectivity index (χ2v) is 5.63. The summed E-state index contributed by atoms with van der Waals surface area (Å²) in [5.41, 5.74) is 4.68. The number of benzene rings is 1. The molecule has 0 spiro atoms. The first-order chi connectivity index (χ1) is 12.8. The van der Waals surface area contributed by atoms with E-state index < -0.39 is 0 Å². The minimum atomic E-state index is 0.373. The fraction of sp³-hybridized carbons (Fsp3) is 0.118. The Balaban J connectivity index is 1.73. The predicted octanol–water partition coefficient (Wildman–Crippen LogP) is 2.03. The van der Waals surface area contributed by atoms with Crippen LogP contribution in [0.15, 0.2) is 49.2 Å². The zero-order chi connectivity index (χ0) is 17.8. The Bertz CT molecular complexity index is 983. The van der Waals surface area contributed by atoms with Crippen molar-refractivity contribution in [3.63, 3.8) is 0 Å². The first-order valence-corrected chi connectivity index (χ1v) is 7.95. The monoisotopic (exact) mass is 345 g/mol. The van der Waals surface area contributed by atoms with Crippen molar-refractivity contribution >= 4 is 5.95 Å². The lowest BCUT2D eigenvalue weighted by molar-refractivity contribution is 0.881. The highest BCUT2D eigenvalue weighted by molar-refractivity contribution is 5.80. The lowest BCUT2D eigenvalue weighted by Gasteiger charge is -2.11. The molecular formula is C17H15N9. The number of aromatic amines is 1. The summed E-state index contributed by atoms with van der Waals surface area (Å²) in [6.07, 6.45) is 6.75. The van der Waals surface area contributed by atoms with Crippen molar-refractivity contribution in [2.45, 2.75) is 13.5 Å². The van der Waals surface area contributed by atoms with Crippen LogP contribution >= 0.6 is 0 Å². The molecule has 0 atom stereocenters. The predicted molar refractivity (Wildman–Crippen MR) is 94.7 cm³/mol. The highest BCUT2D eigenvalue weighted by Crippen LogP contribution is 2.30. The maximum absolute atomic E-state index is 4.68. The van der Waals surface area contributed by atoms with E-state index in [1.165, 1.54) is 11.9 Å². The van der Waals surface area contributed by atoms with Gasteiger partial charge in [0, 0.05) is 35.3 Å². The Morgan fingerprint density at radius 3 is 2.54 bits per heavy atom. The zero-order valence-corrected chi connectivity index (χ0v) is 14.0. The minimum Gasteiger partial charge on any atom is -0.347 e. The Kier molecular flexibility index (Phi) is 4.25. The summed E-state index contributed by atoms with van der Waals surface area (Å²) in [6.45, 7) is 2.42. The number of tetrazole rings is 1. The van der Waals surface area contributed by atoms with Crippen LogP contribution in [0.2, 0.25) is 0 Å². The maximum atomic E-state index is 4.68. The van der Waals surface area contributed by atoms with Crippen molar-refractivity contribution in [2.75, 3.05) is 5.32 Å². The van der Waals surface area contributed by atoms with Crippen LogP contribution in [-0.4, -0.2) is 40.6 Å². The molecule has 0 aliphatic carbocycles. The normalized spacial score (nSPS) is 10.7. The van der Waals surface area contributed by atoms with Crippen LogP contribution in [0, 0.1) is 6.92 Å². The molecule has 2 N–H and O–H groups in total. The van der Waals surface area contributed by atoms with Crippen molar-refractivity contribution in [2.24, 2.45) is 0 Å². The van der Waals surface area contributed by atoms with E-state index in [-0.39, 0.29) is 0 Å². The summed E-state index contributed by atoms with van der Waals surface area (Å²) in [5, 5.41) is 16.9. The van der Waals surface area contributed by atoms with E-state index >= 15 is 0 Å². The third-order valence-corrected chi connectivity index (χ3v) is 3.78. The van der Waals surface area contributed by atoms with Crippen molar-refractivity contribution in [3.8, 4) is 22.4 Å². The van der Waals surface area contributed by atoms with Gasteiger partial charge in [-0.15, -0.1) is 10.2 Å². The van der Waals surface area contributed by atoms with Gasteiger partial charge in [0.25, 0.3) is 0 Å². The van der Waals surface area contributed by atoms with Gasteiger partial charge in [-0.3, -0.25) is 0 Å². The first-order valence-electron chi connectivity index (χ1n) is 7.95. The van der Waals surface area contributed by atoms with Crippen LogP contribution in [0.1, 0.15) is 11.4 Å². The van der Waals surface area contributed by atoms with Gasteiger partial charge in [-0.25, -0.2) is 19.9 Å². The van der Waals surface area contributed by atoms with Gasteiger partial charge in [-0.05, 0) is 6.92 Å². The molecule has 0 fully saturated rings. The second kappa shape index (κ2) is 7.01. The van der Waals surface area contributed by atoms with Gasteiger partial charge in [0.2, 0.25) is 5.95 Å². The molecule has 4 aromatic rings. The van der Waals surface area contributed by atoms with Crippen molar-refractivity contribution in [3.05, 3.63) is 60.6 Å². The molecule has 0 bridgehead atoms. The third kappa shape index (κ3) is 3.36. The molecule has 4 rings (SSSR count). The van der Waals surface area contributed by atoms with Crippen molar-refractivity contribution < 1.29 is 0 Å². The minimum absolute atomic E-state index is 0.373. The number of aryl methyl sites for hydroxylation is 1. The molecule has 0 unspecified atom stereocenters. The molecule has 0 aliphatic heterocycles. The van der Waals surface area contributed by atoms with E-state index in [9.17, 15) is 0 Å². The van der Waals surface area contributed by atoms with Gasteiger partial charge in [0.1, 0.15) is 6.33 Å². The maximum Gasteiger partial charge on any atom is 0.223 e. The molecule has 3 heterocycles. The summed E-state index contributed by atoms with van der Waals surface area (Å²) < 4.78 is 0. The molecule has 0 saturated heterocycles. The van der Waals surface area contributed by atoms with E-state index in [1.54, 1.807) is 18.6 Å². The van der Waals surface area contributed by atoms with Crippen LogP contribution in [0.3, 0.4) is 0 Å². The van der Waals surface area contributed by atoms with Crippen LogP contribution in [0.4, 0.5) is 5.95 Å². The van der Waals surface area contributed by atoms with E-state index in [4.69, 9.17) is 0 Å². The number of aromatic nitrogens is 8. The molecule has 0 amide bonds. The van der Waals surface area contributed by atoms with E-state index in [1.807, 2.05) is 19.1 Å². The van der Waals surface area contributed by atoms with Gasteiger partial charge in [-0.1, -0.05) is 35.0 Å². The quantitative estimate of drug-likeness (QED) is 0.564. The molecule has 1 aromatic carbocycles. The number of anilines is 1. The molecular weight excluding hydrogens is 330 g/mol. The molecule has 9 heteroatoms. The summed E-state index contributed by atoms with van der Waals surface area (Å²) in [5.74, 6) is 1.01. The van der Waals surface area contributed by atoms with Crippen LogP contribution < -0.4 is 5.32 Å². The van der Waals surface area contributed by atoms with Crippen LogP contribution in [0.25, 0.3) is 22.4 Å². The average Bonchev–Trinajstić information content (AvgIpc) is 3.21. The summed E-state index contributed by atoms with van der Waals surface area (Å²) >= 11 is 0. The van der Waals surface area contributed by atoms with E-state index in [0.29, 0.717) is 18.3 Å². The van der Waals surface area contributed by atoms with E-state index in [0.717, 1.165) is 22.4 Å². The van der Waals surface area contributed by atoms with Gasteiger partial charge < -0.3 is 5.32 Å². The number of H-pyrrole nitrogens is 1. The van der Waals surface area contributed by atoms with Crippen molar-refractivity contribution in [1.82, 2.24) is 40.6 Å². The standard InChI is InChI=1S/C17H15N9/c1-11-2-4-12(5-3-11)16-14(13-6-18-10-19-7-13)8-20-17(22-16)21-9-15-23-25-26-24-15/h2-8,10H,9H2,1H3,(H,20,21,22)(H,23,24,25,26).